The van der Waals surface area contributed by atoms with Crippen LogP contribution in [0.25, 0.3) is 10.4 Å². The summed E-state index contributed by atoms with van der Waals surface area (Å²) in [5.74, 6) is 0.480. The van der Waals surface area contributed by atoms with Gasteiger partial charge in [-0.15, -0.1) is 11.3 Å². The van der Waals surface area contributed by atoms with Crippen molar-refractivity contribution in [2.24, 2.45) is 11.8 Å². The summed E-state index contributed by atoms with van der Waals surface area (Å²) < 4.78 is 38.6. The lowest BCUT2D eigenvalue weighted by Crippen LogP contribution is -2.30. The van der Waals surface area contributed by atoms with Crippen LogP contribution in [0.5, 0.6) is 0 Å². The highest BCUT2D eigenvalue weighted by Crippen LogP contribution is 2.58. The molecule has 2 heterocycles. The summed E-state index contributed by atoms with van der Waals surface area (Å²) in [5, 5.41) is 14.9. The first kappa shape index (κ1) is 19.4. The second kappa shape index (κ2) is 7.02. The third-order valence-corrected chi connectivity index (χ3v) is 6.78. The van der Waals surface area contributed by atoms with Crippen molar-refractivity contribution in [2.45, 2.75) is 37.5 Å². The predicted octanol–water partition coefficient (Wildman–Crippen LogP) is 5.37. The van der Waals surface area contributed by atoms with Gasteiger partial charge in [0.05, 0.1) is 4.88 Å². The van der Waals surface area contributed by atoms with E-state index in [1.54, 1.807) is 18.3 Å². The Bertz CT molecular complexity index is 1060. The zero-order valence-corrected chi connectivity index (χ0v) is 16.7. The van der Waals surface area contributed by atoms with Gasteiger partial charge >= 0.3 is 6.18 Å². The lowest BCUT2D eigenvalue weighted by molar-refractivity contribution is -0.141. The molecule has 2 aliphatic rings. The summed E-state index contributed by atoms with van der Waals surface area (Å²) >= 11 is 1.48. The average Bonchev–Trinajstić information content (AvgIpc) is 3.64. The highest BCUT2D eigenvalue weighted by atomic mass is 32.1. The lowest BCUT2D eigenvalue weighted by Gasteiger charge is -2.25. The first-order valence-corrected chi connectivity index (χ1v) is 10.6. The van der Waals surface area contributed by atoms with Crippen LogP contribution in [0.2, 0.25) is 0 Å². The van der Waals surface area contributed by atoms with Gasteiger partial charge in [0, 0.05) is 18.1 Å². The second-order valence-electron chi connectivity index (χ2n) is 7.87. The molecule has 2 aromatic heterocycles. The molecule has 3 aromatic rings. The van der Waals surface area contributed by atoms with E-state index in [-0.39, 0.29) is 5.95 Å². The fraction of sp³-hybridized carbons (Fsp3) is 0.381. The maximum absolute atomic E-state index is 12.9. The number of hydrogen-bond donors (Lipinski definition) is 2. The minimum Gasteiger partial charge on any atom is -0.382 e. The van der Waals surface area contributed by atoms with E-state index in [0.29, 0.717) is 17.5 Å². The van der Waals surface area contributed by atoms with Gasteiger partial charge in [-0.2, -0.15) is 13.2 Å². The number of halogens is 3. The number of rotatable bonds is 6. The van der Waals surface area contributed by atoms with Crippen molar-refractivity contribution >= 4 is 23.0 Å². The predicted molar refractivity (Wildman–Crippen MR) is 107 cm³/mol. The van der Waals surface area contributed by atoms with Gasteiger partial charge in [0.1, 0.15) is 16.3 Å². The van der Waals surface area contributed by atoms with Gasteiger partial charge in [-0.1, -0.05) is 12.1 Å². The minimum atomic E-state index is -4.53. The zero-order chi connectivity index (χ0) is 20.9. The smallest absolute Gasteiger partial charge is 0.382 e. The molecule has 2 saturated carbocycles. The van der Waals surface area contributed by atoms with Gasteiger partial charge in [0.25, 0.3) is 0 Å². The van der Waals surface area contributed by atoms with Gasteiger partial charge in [-0.05, 0) is 61.3 Å². The Kier molecular flexibility index (Phi) is 4.55. The normalized spacial score (nSPS) is 17.2. The lowest BCUT2D eigenvalue weighted by atomic mass is 9.93. The molecule has 2 aliphatic carbocycles. The fourth-order valence-electron chi connectivity index (χ4n) is 3.78. The maximum Gasteiger partial charge on any atom is 0.433 e. The summed E-state index contributed by atoms with van der Waals surface area (Å²) in [6.45, 7) is 0. The van der Waals surface area contributed by atoms with Crippen LogP contribution in [0.15, 0.2) is 42.7 Å². The summed E-state index contributed by atoms with van der Waals surface area (Å²) in [4.78, 5) is 12.9. The fourth-order valence-corrected chi connectivity index (χ4v) is 4.94. The first-order valence-electron chi connectivity index (χ1n) is 9.80. The van der Waals surface area contributed by atoms with Crippen LogP contribution in [-0.2, 0) is 11.8 Å². The molecule has 5 rings (SSSR count). The molecule has 0 aliphatic heterocycles. The standard InChI is InChI=1S/C21H19F3N4OS/c22-21(23,24)17-8-9-25-19(28-17)27-15-3-1-2-12(10-15)16-11-26-18(30-16)20(29,13-4-5-13)14-6-7-14/h1-3,8-11,13-14,29H,4-7H2,(H,25,27,28). The molecule has 0 atom stereocenters. The van der Waals surface area contributed by atoms with Gasteiger partial charge < -0.3 is 10.4 Å². The Morgan fingerprint density at radius 3 is 2.43 bits per heavy atom. The van der Waals surface area contributed by atoms with E-state index in [2.05, 4.69) is 20.3 Å². The van der Waals surface area contributed by atoms with E-state index < -0.39 is 17.5 Å². The summed E-state index contributed by atoms with van der Waals surface area (Å²) in [5.41, 5.74) is -0.376. The summed E-state index contributed by atoms with van der Waals surface area (Å²) in [6.07, 6.45) is 2.47. The maximum atomic E-state index is 12.9. The van der Waals surface area contributed by atoms with E-state index in [9.17, 15) is 18.3 Å². The van der Waals surface area contributed by atoms with Crippen LogP contribution in [0.4, 0.5) is 24.8 Å². The molecule has 5 nitrogen and oxygen atoms in total. The number of aliphatic hydroxyl groups is 1. The number of thiazole rings is 1. The van der Waals surface area contributed by atoms with Gasteiger partial charge in [-0.3, -0.25) is 0 Å². The molecule has 0 amide bonds. The highest BCUT2D eigenvalue weighted by molar-refractivity contribution is 7.15. The molecule has 156 valence electrons. The molecule has 0 saturated heterocycles. The van der Waals surface area contributed by atoms with Crippen molar-refractivity contribution in [3.05, 3.63) is 53.4 Å². The van der Waals surface area contributed by atoms with Crippen molar-refractivity contribution in [1.29, 1.82) is 0 Å². The van der Waals surface area contributed by atoms with Crippen molar-refractivity contribution in [3.8, 4) is 10.4 Å². The number of alkyl halides is 3. The SMILES string of the molecule is OC(c1ncc(-c2cccc(Nc3nccc(C(F)(F)F)n3)c2)s1)(C1CC1)C1CC1. The van der Waals surface area contributed by atoms with Crippen LogP contribution < -0.4 is 5.32 Å². The average molecular weight is 432 g/mol. The molecule has 2 N–H and O–H groups in total. The molecular formula is C21H19F3N4OS. The molecular weight excluding hydrogens is 413 g/mol. The number of hydrogen-bond acceptors (Lipinski definition) is 6. The van der Waals surface area contributed by atoms with E-state index in [1.165, 1.54) is 11.3 Å². The van der Waals surface area contributed by atoms with Crippen molar-refractivity contribution in [1.82, 2.24) is 15.0 Å². The van der Waals surface area contributed by atoms with Gasteiger partial charge in [-0.25, -0.2) is 15.0 Å². The molecule has 30 heavy (non-hydrogen) atoms. The summed E-state index contributed by atoms with van der Waals surface area (Å²) in [7, 11) is 0. The van der Waals surface area contributed by atoms with Gasteiger partial charge in [0.2, 0.25) is 5.95 Å². The number of aromatic nitrogens is 3. The first-order chi connectivity index (χ1) is 14.3. The van der Waals surface area contributed by atoms with Crippen LogP contribution in [0.3, 0.4) is 0 Å². The van der Waals surface area contributed by atoms with Crippen molar-refractivity contribution in [2.75, 3.05) is 5.32 Å². The monoisotopic (exact) mass is 432 g/mol. The van der Waals surface area contributed by atoms with Crippen LogP contribution in [0.1, 0.15) is 36.4 Å². The number of benzene rings is 1. The topological polar surface area (TPSA) is 70.9 Å². The van der Waals surface area contributed by atoms with E-state index in [1.807, 2.05) is 12.1 Å². The number of nitrogens with zero attached hydrogens (tertiary/aromatic N) is 3. The number of nitrogens with one attached hydrogen (secondary N) is 1. The van der Waals surface area contributed by atoms with Crippen molar-refractivity contribution < 1.29 is 18.3 Å². The highest BCUT2D eigenvalue weighted by Gasteiger charge is 2.56. The molecule has 1 aromatic carbocycles. The van der Waals surface area contributed by atoms with E-state index in [0.717, 1.165) is 53.4 Å². The molecule has 0 unspecified atom stereocenters. The zero-order valence-electron chi connectivity index (χ0n) is 15.9. The second-order valence-corrected chi connectivity index (χ2v) is 8.90. The summed E-state index contributed by atoms with van der Waals surface area (Å²) in [6, 6.07) is 8.09. The third-order valence-electron chi connectivity index (χ3n) is 5.60. The Morgan fingerprint density at radius 1 is 1.03 bits per heavy atom. The van der Waals surface area contributed by atoms with Crippen LogP contribution in [-0.4, -0.2) is 20.1 Å². The van der Waals surface area contributed by atoms with Crippen LogP contribution in [0, 0.1) is 11.8 Å². The quantitative estimate of drug-likeness (QED) is 0.548. The van der Waals surface area contributed by atoms with E-state index >= 15 is 0 Å². The van der Waals surface area contributed by atoms with Crippen LogP contribution >= 0.6 is 11.3 Å². The minimum absolute atomic E-state index is 0.121. The molecule has 9 heteroatoms. The Hall–Kier alpha value is -2.52. The molecule has 0 spiro atoms. The van der Waals surface area contributed by atoms with E-state index in [4.69, 9.17) is 0 Å². The van der Waals surface area contributed by atoms with Crippen molar-refractivity contribution in [3.63, 3.8) is 0 Å². The number of anilines is 2. The largest absolute Gasteiger partial charge is 0.433 e. The molecule has 0 bridgehead atoms. The Labute approximate surface area is 175 Å². The Morgan fingerprint density at radius 2 is 1.77 bits per heavy atom. The third kappa shape index (κ3) is 3.67. The Balaban J connectivity index is 1.39. The molecule has 2 fully saturated rings. The van der Waals surface area contributed by atoms with Gasteiger partial charge in [0.15, 0.2) is 0 Å². The molecule has 0 radical (unpaired) electrons.